The number of nitrogens with one attached hydrogen (secondary N) is 1. The first kappa shape index (κ1) is 11.8. The molecule has 1 aromatic rings. The zero-order valence-electron chi connectivity index (χ0n) is 7.86. The molecule has 0 aliphatic rings. The van der Waals surface area contributed by atoms with E-state index in [9.17, 15) is 0 Å². The lowest BCUT2D eigenvalue weighted by molar-refractivity contribution is -0.106. The van der Waals surface area contributed by atoms with Crippen LogP contribution < -0.4 is 11.1 Å². The van der Waals surface area contributed by atoms with Gasteiger partial charge in [0.15, 0.2) is 0 Å². The third-order valence-electron chi connectivity index (χ3n) is 1.32. The van der Waals surface area contributed by atoms with Gasteiger partial charge < -0.3 is 15.8 Å². The second-order valence-electron chi connectivity index (χ2n) is 2.42. The fourth-order valence-corrected chi connectivity index (χ4v) is 0.800. The summed E-state index contributed by atoms with van der Waals surface area (Å²) >= 11 is 0. The van der Waals surface area contributed by atoms with E-state index in [0.29, 0.717) is 6.29 Å². The minimum atomic E-state index is 0.139. The second-order valence-corrected chi connectivity index (χ2v) is 2.42. The molecule has 0 radical (unpaired) electrons. The maximum absolute atomic E-state index is 9.05. The molecule has 0 amide bonds. The Morgan fingerprint density at radius 2 is 1.92 bits per heavy atom. The fourth-order valence-electron chi connectivity index (χ4n) is 0.800. The van der Waals surface area contributed by atoms with Gasteiger partial charge in [-0.05, 0) is 12.6 Å². The molecule has 0 saturated heterocycles. The van der Waals surface area contributed by atoms with E-state index in [1.54, 1.807) is 0 Å². The summed E-state index contributed by atoms with van der Waals surface area (Å²) < 4.78 is 0. The molecule has 0 heterocycles. The van der Waals surface area contributed by atoms with Crippen molar-refractivity contribution >= 4 is 6.29 Å². The quantitative estimate of drug-likeness (QED) is 0.668. The number of carbonyl (C=O) groups excluding carboxylic acids is 1. The Balaban J connectivity index is 0.000000310. The van der Waals surface area contributed by atoms with Gasteiger partial charge in [-0.3, -0.25) is 0 Å². The molecule has 72 valence electrons. The van der Waals surface area contributed by atoms with Crippen LogP contribution >= 0.6 is 0 Å². The standard InChI is InChI=1S/C8H11N.C2H5NO/c1-9-7-8-5-3-2-4-6-8;3-1-2-4/h2-6,9H,7H2,1H3;2H,1,3H2. The smallest absolute Gasteiger partial charge is 0.133 e. The molecule has 0 aliphatic carbocycles. The first-order valence-electron chi connectivity index (χ1n) is 4.17. The van der Waals surface area contributed by atoms with Crippen molar-refractivity contribution in [3.05, 3.63) is 35.9 Å². The van der Waals surface area contributed by atoms with Crippen molar-refractivity contribution < 1.29 is 4.79 Å². The molecule has 1 aromatic carbocycles. The van der Waals surface area contributed by atoms with Crippen molar-refractivity contribution in [3.63, 3.8) is 0 Å². The molecule has 0 atom stereocenters. The monoisotopic (exact) mass is 180 g/mol. The van der Waals surface area contributed by atoms with Crippen LogP contribution in [0.4, 0.5) is 0 Å². The van der Waals surface area contributed by atoms with Crippen LogP contribution in [0.15, 0.2) is 30.3 Å². The largest absolute Gasteiger partial charge is 0.324 e. The summed E-state index contributed by atoms with van der Waals surface area (Å²) in [4.78, 5) is 9.05. The van der Waals surface area contributed by atoms with Gasteiger partial charge in [-0.2, -0.15) is 0 Å². The van der Waals surface area contributed by atoms with Crippen LogP contribution in [0.3, 0.4) is 0 Å². The van der Waals surface area contributed by atoms with Crippen molar-refractivity contribution in [3.8, 4) is 0 Å². The number of hydrogen-bond acceptors (Lipinski definition) is 3. The van der Waals surface area contributed by atoms with Crippen LogP contribution in [0, 0.1) is 0 Å². The fraction of sp³-hybridized carbons (Fsp3) is 0.300. The van der Waals surface area contributed by atoms with Crippen molar-refractivity contribution in [2.75, 3.05) is 13.6 Å². The summed E-state index contributed by atoms with van der Waals surface area (Å²) in [5, 5.41) is 3.08. The first-order chi connectivity index (χ1) is 6.35. The molecule has 0 fully saturated rings. The van der Waals surface area contributed by atoms with Gasteiger partial charge in [0, 0.05) is 13.1 Å². The van der Waals surface area contributed by atoms with Gasteiger partial charge in [0.05, 0.1) is 0 Å². The van der Waals surface area contributed by atoms with Crippen molar-refractivity contribution in [2.45, 2.75) is 6.54 Å². The number of aldehydes is 1. The van der Waals surface area contributed by atoms with Crippen LogP contribution in [0.1, 0.15) is 5.56 Å². The molecule has 3 heteroatoms. The summed E-state index contributed by atoms with van der Waals surface area (Å²) in [6.45, 7) is 1.10. The molecule has 0 unspecified atom stereocenters. The van der Waals surface area contributed by atoms with Gasteiger partial charge in [-0.15, -0.1) is 0 Å². The molecule has 0 aliphatic heterocycles. The lowest BCUT2D eigenvalue weighted by Crippen LogP contribution is -2.04. The molecular weight excluding hydrogens is 164 g/mol. The molecule has 3 nitrogen and oxygen atoms in total. The van der Waals surface area contributed by atoms with E-state index in [1.807, 2.05) is 25.2 Å². The summed E-state index contributed by atoms with van der Waals surface area (Å²) in [7, 11) is 1.95. The Hall–Kier alpha value is -1.19. The lowest BCUT2D eigenvalue weighted by Gasteiger charge is -1.95. The Morgan fingerprint density at radius 1 is 1.38 bits per heavy atom. The van der Waals surface area contributed by atoms with Crippen LogP contribution in [-0.2, 0) is 11.3 Å². The number of rotatable bonds is 3. The molecule has 0 bridgehead atoms. The highest BCUT2D eigenvalue weighted by molar-refractivity contribution is 5.51. The first-order valence-corrected chi connectivity index (χ1v) is 4.17. The zero-order chi connectivity index (χ0) is 9.94. The van der Waals surface area contributed by atoms with Gasteiger partial charge in [0.25, 0.3) is 0 Å². The highest BCUT2D eigenvalue weighted by Crippen LogP contribution is 1.95. The minimum Gasteiger partial charge on any atom is -0.324 e. The normalized spacial score (nSPS) is 8.46. The van der Waals surface area contributed by atoms with Crippen molar-refractivity contribution in [2.24, 2.45) is 5.73 Å². The third kappa shape index (κ3) is 7.18. The van der Waals surface area contributed by atoms with Crippen LogP contribution in [-0.4, -0.2) is 19.9 Å². The van der Waals surface area contributed by atoms with E-state index in [2.05, 4.69) is 23.2 Å². The molecule has 0 saturated carbocycles. The molecule has 0 aromatic heterocycles. The predicted molar refractivity (Wildman–Crippen MR) is 54.3 cm³/mol. The van der Waals surface area contributed by atoms with Gasteiger partial charge in [-0.1, -0.05) is 30.3 Å². The van der Waals surface area contributed by atoms with E-state index >= 15 is 0 Å². The number of hydrogen-bond donors (Lipinski definition) is 2. The lowest BCUT2D eigenvalue weighted by atomic mass is 10.2. The van der Waals surface area contributed by atoms with Gasteiger partial charge >= 0.3 is 0 Å². The van der Waals surface area contributed by atoms with Crippen LogP contribution in [0.25, 0.3) is 0 Å². The molecular formula is C10H16N2O. The summed E-state index contributed by atoms with van der Waals surface area (Å²) in [5.41, 5.74) is 5.99. The number of nitrogens with two attached hydrogens (primary N) is 1. The highest BCUT2D eigenvalue weighted by atomic mass is 16.1. The van der Waals surface area contributed by atoms with E-state index in [-0.39, 0.29) is 6.54 Å². The average molecular weight is 180 g/mol. The maximum atomic E-state index is 9.05. The Bertz CT molecular complexity index is 211. The number of benzene rings is 1. The number of carbonyl (C=O) groups is 1. The maximum Gasteiger partial charge on any atom is 0.133 e. The van der Waals surface area contributed by atoms with Crippen LogP contribution in [0.5, 0.6) is 0 Å². The predicted octanol–water partition coefficient (Wildman–Crippen LogP) is 0.550. The van der Waals surface area contributed by atoms with Gasteiger partial charge in [0.1, 0.15) is 6.29 Å². The van der Waals surface area contributed by atoms with Gasteiger partial charge in [0.2, 0.25) is 0 Å². The Morgan fingerprint density at radius 3 is 2.31 bits per heavy atom. The van der Waals surface area contributed by atoms with Gasteiger partial charge in [-0.25, -0.2) is 0 Å². The minimum absolute atomic E-state index is 0.139. The molecule has 1 rings (SSSR count). The van der Waals surface area contributed by atoms with Crippen LogP contribution in [0.2, 0.25) is 0 Å². The summed E-state index contributed by atoms with van der Waals surface area (Å²) in [6.07, 6.45) is 0.653. The van der Waals surface area contributed by atoms with Crippen molar-refractivity contribution in [1.29, 1.82) is 0 Å². The summed E-state index contributed by atoms with van der Waals surface area (Å²) in [5.74, 6) is 0. The Kier molecular flexibility index (Phi) is 8.09. The van der Waals surface area contributed by atoms with E-state index in [0.717, 1.165) is 6.54 Å². The second kappa shape index (κ2) is 8.90. The van der Waals surface area contributed by atoms with E-state index < -0.39 is 0 Å². The molecule has 13 heavy (non-hydrogen) atoms. The van der Waals surface area contributed by atoms with Crippen molar-refractivity contribution in [1.82, 2.24) is 5.32 Å². The molecule has 3 N–H and O–H groups in total. The topological polar surface area (TPSA) is 55.1 Å². The molecule has 0 spiro atoms. The van der Waals surface area contributed by atoms with E-state index in [1.165, 1.54) is 5.56 Å². The van der Waals surface area contributed by atoms with E-state index in [4.69, 9.17) is 4.79 Å². The average Bonchev–Trinajstić information content (AvgIpc) is 2.20. The third-order valence-corrected chi connectivity index (χ3v) is 1.32. The SMILES string of the molecule is CNCc1ccccc1.NCC=O. The Labute approximate surface area is 78.9 Å². The summed E-state index contributed by atoms with van der Waals surface area (Å²) in [6, 6.07) is 10.3. The highest BCUT2D eigenvalue weighted by Gasteiger charge is 1.83. The zero-order valence-corrected chi connectivity index (χ0v) is 7.86.